The van der Waals surface area contributed by atoms with Gasteiger partial charge in [-0.05, 0) is 12.8 Å². The molecule has 15 heavy (non-hydrogen) atoms. The third-order valence-electron chi connectivity index (χ3n) is 2.46. The minimum Gasteiger partial charge on any atom is -0.384 e. The number of nitrogens with two attached hydrogens (primary N) is 1. The highest BCUT2D eigenvalue weighted by Gasteiger charge is 2.06. The quantitative estimate of drug-likeness (QED) is 0.618. The zero-order valence-electron chi connectivity index (χ0n) is 9.66. The molecule has 0 bridgehead atoms. The van der Waals surface area contributed by atoms with Crippen molar-refractivity contribution >= 4 is 17.6 Å². The fraction of sp³-hybridized carbons (Fsp3) is 0.636. The van der Waals surface area contributed by atoms with E-state index in [1.165, 1.54) is 12.8 Å². The number of nitrogens with zero attached hydrogens (tertiary/aromatic N) is 2. The van der Waals surface area contributed by atoms with Crippen molar-refractivity contribution < 1.29 is 0 Å². The van der Waals surface area contributed by atoms with Crippen LogP contribution in [0.2, 0.25) is 0 Å². The van der Waals surface area contributed by atoms with Crippen molar-refractivity contribution in [2.24, 2.45) is 5.92 Å². The second-order valence-corrected chi connectivity index (χ2v) is 4.70. The van der Waals surface area contributed by atoms with E-state index in [0.29, 0.717) is 5.82 Å². The smallest absolute Gasteiger partial charge is 0.189 e. The van der Waals surface area contributed by atoms with Gasteiger partial charge in [-0.25, -0.2) is 9.97 Å². The lowest BCUT2D eigenvalue weighted by molar-refractivity contribution is 0.553. The van der Waals surface area contributed by atoms with E-state index in [-0.39, 0.29) is 0 Å². The third kappa shape index (κ3) is 4.08. The number of hydrogen-bond acceptors (Lipinski definition) is 4. The first-order valence-corrected chi connectivity index (χ1v) is 6.38. The van der Waals surface area contributed by atoms with Crippen molar-refractivity contribution in [2.45, 2.75) is 38.8 Å². The fourth-order valence-electron chi connectivity index (χ4n) is 1.35. The topological polar surface area (TPSA) is 51.8 Å². The van der Waals surface area contributed by atoms with Crippen molar-refractivity contribution in [3.8, 4) is 0 Å². The van der Waals surface area contributed by atoms with Crippen molar-refractivity contribution in [1.29, 1.82) is 0 Å². The first kappa shape index (κ1) is 12.3. The molecular formula is C11H19N3S. The zero-order chi connectivity index (χ0) is 11.3. The zero-order valence-corrected chi connectivity index (χ0v) is 10.5. The van der Waals surface area contributed by atoms with Gasteiger partial charge in [-0.15, -0.1) is 0 Å². The van der Waals surface area contributed by atoms with Gasteiger partial charge in [-0.2, -0.15) is 0 Å². The summed E-state index contributed by atoms with van der Waals surface area (Å²) in [6, 6.07) is 1.79. The minimum absolute atomic E-state index is 0.564. The van der Waals surface area contributed by atoms with Crippen LogP contribution in [0.5, 0.6) is 0 Å². The van der Waals surface area contributed by atoms with Crippen molar-refractivity contribution in [3.63, 3.8) is 0 Å². The molecule has 3 nitrogen and oxygen atoms in total. The Labute approximate surface area is 95.9 Å². The molecule has 0 saturated carbocycles. The fourth-order valence-corrected chi connectivity index (χ4v) is 2.58. The Hall–Kier alpha value is -0.770. The molecule has 0 aliphatic heterocycles. The van der Waals surface area contributed by atoms with Crippen LogP contribution in [0.3, 0.4) is 0 Å². The van der Waals surface area contributed by atoms with Crippen LogP contribution in [0, 0.1) is 12.8 Å². The molecular weight excluding hydrogens is 206 g/mol. The van der Waals surface area contributed by atoms with E-state index < -0.39 is 0 Å². The lowest BCUT2D eigenvalue weighted by Crippen LogP contribution is -2.02. The summed E-state index contributed by atoms with van der Waals surface area (Å²) in [6.45, 7) is 6.39. The van der Waals surface area contributed by atoms with E-state index in [1.54, 1.807) is 17.8 Å². The van der Waals surface area contributed by atoms with Gasteiger partial charge in [0.2, 0.25) is 0 Å². The van der Waals surface area contributed by atoms with E-state index >= 15 is 0 Å². The lowest BCUT2D eigenvalue weighted by atomic mass is 10.1. The Morgan fingerprint density at radius 1 is 1.33 bits per heavy atom. The Bertz CT molecular complexity index is 290. The maximum Gasteiger partial charge on any atom is 0.189 e. The highest BCUT2D eigenvalue weighted by atomic mass is 32.2. The maximum atomic E-state index is 5.67. The van der Waals surface area contributed by atoms with Gasteiger partial charge < -0.3 is 5.73 Å². The normalized spacial score (nSPS) is 10.9. The van der Waals surface area contributed by atoms with Crippen LogP contribution < -0.4 is 5.73 Å². The predicted molar refractivity (Wildman–Crippen MR) is 66.0 cm³/mol. The summed E-state index contributed by atoms with van der Waals surface area (Å²) in [7, 11) is 0. The molecule has 1 rings (SSSR count). The monoisotopic (exact) mass is 225 g/mol. The van der Waals surface area contributed by atoms with Crippen molar-refractivity contribution in [3.05, 3.63) is 11.8 Å². The molecule has 0 saturated heterocycles. The average molecular weight is 225 g/mol. The molecule has 84 valence electrons. The number of thioether (sulfide) groups is 1. The van der Waals surface area contributed by atoms with Gasteiger partial charge in [-0.1, -0.05) is 38.5 Å². The summed E-state index contributed by atoms with van der Waals surface area (Å²) in [5.74, 6) is 2.39. The summed E-state index contributed by atoms with van der Waals surface area (Å²) in [6.07, 6.45) is 2.43. The van der Waals surface area contributed by atoms with E-state index in [1.807, 2.05) is 6.92 Å². The number of nitrogen functional groups attached to an aromatic ring is 1. The summed E-state index contributed by atoms with van der Waals surface area (Å²) >= 11 is 1.70. The highest BCUT2D eigenvalue weighted by molar-refractivity contribution is 7.99. The highest BCUT2D eigenvalue weighted by Crippen LogP contribution is 2.21. The minimum atomic E-state index is 0.564. The molecule has 0 radical (unpaired) electrons. The van der Waals surface area contributed by atoms with E-state index in [2.05, 4.69) is 23.8 Å². The van der Waals surface area contributed by atoms with Crippen LogP contribution >= 0.6 is 11.8 Å². The Morgan fingerprint density at radius 3 is 2.53 bits per heavy atom. The van der Waals surface area contributed by atoms with E-state index in [4.69, 9.17) is 5.73 Å². The SMILES string of the molecule is CCC(CC)CSc1nc(C)cc(N)n1. The average Bonchev–Trinajstić information content (AvgIpc) is 2.18. The molecule has 1 aromatic heterocycles. The summed E-state index contributed by atoms with van der Waals surface area (Å²) in [5.41, 5.74) is 6.61. The number of aryl methyl sites for hydroxylation is 1. The largest absolute Gasteiger partial charge is 0.384 e. The first-order chi connectivity index (χ1) is 7.15. The van der Waals surface area contributed by atoms with Crippen LogP contribution in [-0.2, 0) is 0 Å². The Morgan fingerprint density at radius 2 is 2.00 bits per heavy atom. The molecule has 0 amide bonds. The molecule has 0 unspecified atom stereocenters. The summed E-state index contributed by atoms with van der Waals surface area (Å²) in [4.78, 5) is 8.55. The van der Waals surface area contributed by atoms with Crippen molar-refractivity contribution in [2.75, 3.05) is 11.5 Å². The predicted octanol–water partition coefficient (Wildman–Crippen LogP) is 2.90. The van der Waals surface area contributed by atoms with Gasteiger partial charge in [0.05, 0.1) is 0 Å². The molecule has 4 heteroatoms. The van der Waals surface area contributed by atoms with Gasteiger partial charge in [0, 0.05) is 17.5 Å². The molecule has 0 fully saturated rings. The van der Waals surface area contributed by atoms with Gasteiger partial charge >= 0.3 is 0 Å². The van der Waals surface area contributed by atoms with Gasteiger partial charge in [0.15, 0.2) is 5.16 Å². The molecule has 1 heterocycles. The van der Waals surface area contributed by atoms with E-state index in [9.17, 15) is 0 Å². The molecule has 2 N–H and O–H groups in total. The van der Waals surface area contributed by atoms with Gasteiger partial charge in [0.1, 0.15) is 5.82 Å². The van der Waals surface area contributed by atoms with Crippen LogP contribution in [0.1, 0.15) is 32.4 Å². The number of hydrogen-bond donors (Lipinski definition) is 1. The molecule has 0 aliphatic rings. The first-order valence-electron chi connectivity index (χ1n) is 5.39. The van der Waals surface area contributed by atoms with Gasteiger partial charge in [0.25, 0.3) is 0 Å². The molecule has 0 aromatic carbocycles. The lowest BCUT2D eigenvalue weighted by Gasteiger charge is -2.10. The Kier molecular flexibility index (Phi) is 4.88. The van der Waals surface area contributed by atoms with Crippen LogP contribution in [0.25, 0.3) is 0 Å². The van der Waals surface area contributed by atoms with Crippen LogP contribution in [0.4, 0.5) is 5.82 Å². The van der Waals surface area contributed by atoms with Crippen molar-refractivity contribution in [1.82, 2.24) is 9.97 Å². The molecule has 0 spiro atoms. The van der Waals surface area contributed by atoms with Crippen LogP contribution in [0.15, 0.2) is 11.2 Å². The molecule has 0 aliphatic carbocycles. The molecule has 0 atom stereocenters. The number of anilines is 1. The van der Waals surface area contributed by atoms with Gasteiger partial charge in [-0.3, -0.25) is 0 Å². The standard InChI is InChI=1S/C11H19N3S/c1-4-9(5-2)7-15-11-13-8(3)6-10(12)14-11/h6,9H,4-5,7H2,1-3H3,(H2,12,13,14). The second kappa shape index (κ2) is 5.95. The van der Waals surface area contributed by atoms with Crippen LogP contribution in [-0.4, -0.2) is 15.7 Å². The summed E-state index contributed by atoms with van der Waals surface area (Å²) < 4.78 is 0. The maximum absolute atomic E-state index is 5.67. The second-order valence-electron chi connectivity index (χ2n) is 3.71. The Balaban J connectivity index is 2.57. The molecule has 1 aromatic rings. The number of aromatic nitrogens is 2. The third-order valence-corrected chi connectivity index (χ3v) is 3.54. The van der Waals surface area contributed by atoms with E-state index in [0.717, 1.165) is 22.5 Å². The summed E-state index contributed by atoms with van der Waals surface area (Å²) in [5, 5.41) is 0.805. The number of rotatable bonds is 5.